The van der Waals surface area contributed by atoms with E-state index < -0.39 is 0 Å². The van der Waals surface area contributed by atoms with Crippen LogP contribution in [-0.2, 0) is 5.41 Å². The zero-order chi connectivity index (χ0) is 14.0. The third-order valence-corrected chi connectivity index (χ3v) is 4.59. The van der Waals surface area contributed by atoms with E-state index in [9.17, 15) is 0 Å². The lowest BCUT2D eigenvalue weighted by molar-refractivity contribution is 0.311. The molecule has 0 saturated heterocycles. The van der Waals surface area contributed by atoms with Crippen molar-refractivity contribution in [3.63, 3.8) is 0 Å². The molecule has 1 aliphatic carbocycles. The van der Waals surface area contributed by atoms with Gasteiger partial charge in [-0.1, -0.05) is 46.3 Å². The Hall–Kier alpha value is -0.700. The molecule has 1 heterocycles. The van der Waals surface area contributed by atoms with Crippen molar-refractivity contribution in [2.75, 3.05) is 0 Å². The molecule has 1 aromatic rings. The number of rotatable bonds is 2. The predicted molar refractivity (Wildman–Crippen MR) is 83.1 cm³/mol. The van der Waals surface area contributed by atoms with Crippen LogP contribution in [0.25, 0.3) is 0 Å². The number of aromatic amines is 1. The van der Waals surface area contributed by atoms with Crippen molar-refractivity contribution in [2.24, 2.45) is 5.92 Å². The zero-order valence-electron chi connectivity index (χ0n) is 12.6. The summed E-state index contributed by atoms with van der Waals surface area (Å²) < 4.78 is 0.733. The molecule has 0 aromatic carbocycles. The second-order valence-electron chi connectivity index (χ2n) is 6.89. The molecule has 1 aromatic heterocycles. The number of nitrogens with one attached hydrogen (secondary N) is 1. The van der Waals surface area contributed by atoms with Gasteiger partial charge in [-0.2, -0.15) is 0 Å². The van der Waals surface area contributed by atoms with E-state index in [0.717, 1.165) is 16.4 Å². The maximum absolute atomic E-state index is 5.34. The Kier molecular flexibility index (Phi) is 4.44. The largest absolute Gasteiger partial charge is 0.346 e. The fourth-order valence-corrected chi connectivity index (χ4v) is 3.13. The van der Waals surface area contributed by atoms with Crippen LogP contribution < -0.4 is 0 Å². The highest BCUT2D eigenvalue weighted by atomic mass is 32.1. The minimum absolute atomic E-state index is 0.103. The van der Waals surface area contributed by atoms with Crippen LogP contribution in [0.4, 0.5) is 0 Å². The predicted octanol–water partition coefficient (Wildman–Crippen LogP) is 5.12. The Bertz CT molecular complexity index is 476. The van der Waals surface area contributed by atoms with E-state index in [4.69, 9.17) is 12.2 Å². The summed E-state index contributed by atoms with van der Waals surface area (Å²) in [4.78, 5) is 8.13. The van der Waals surface area contributed by atoms with Crippen LogP contribution in [-0.4, -0.2) is 9.97 Å². The molecule has 0 radical (unpaired) electrons. The number of hydrogen-bond acceptors (Lipinski definition) is 2. The summed E-state index contributed by atoms with van der Waals surface area (Å²) in [6.45, 7) is 8.94. The molecule has 1 N–H and O–H groups in total. The van der Waals surface area contributed by atoms with Crippen LogP contribution in [0.2, 0.25) is 0 Å². The molecule has 1 fully saturated rings. The van der Waals surface area contributed by atoms with E-state index in [2.05, 4.69) is 37.7 Å². The van der Waals surface area contributed by atoms with Gasteiger partial charge < -0.3 is 4.98 Å². The number of H-pyrrole nitrogens is 1. The van der Waals surface area contributed by atoms with Gasteiger partial charge in [0.1, 0.15) is 10.5 Å². The summed E-state index contributed by atoms with van der Waals surface area (Å²) >= 11 is 5.34. The maximum Gasteiger partial charge on any atom is 0.130 e. The van der Waals surface area contributed by atoms with Gasteiger partial charge >= 0.3 is 0 Å². The molecule has 0 amide bonds. The highest BCUT2D eigenvalue weighted by Crippen LogP contribution is 2.36. The van der Waals surface area contributed by atoms with Crippen molar-refractivity contribution in [2.45, 2.75) is 71.1 Å². The number of nitrogens with zero attached hydrogens (tertiary/aromatic N) is 1. The fraction of sp³-hybridized carbons (Fsp3) is 0.750. The molecular formula is C16H26N2S. The minimum atomic E-state index is 0.103. The summed E-state index contributed by atoms with van der Waals surface area (Å²) in [6, 6.07) is 2.01. The third-order valence-electron chi connectivity index (χ3n) is 4.38. The Morgan fingerprint density at radius 2 is 1.89 bits per heavy atom. The summed E-state index contributed by atoms with van der Waals surface area (Å²) in [5.74, 6) is 2.61. The Balaban J connectivity index is 2.21. The van der Waals surface area contributed by atoms with Crippen LogP contribution in [0.1, 0.15) is 77.2 Å². The number of hydrogen-bond donors (Lipinski definition) is 1. The Morgan fingerprint density at radius 1 is 1.26 bits per heavy atom. The molecule has 0 bridgehead atoms. The molecular weight excluding hydrogens is 252 g/mol. The Morgan fingerprint density at radius 3 is 2.42 bits per heavy atom. The highest BCUT2D eigenvalue weighted by Gasteiger charge is 2.24. The van der Waals surface area contributed by atoms with Gasteiger partial charge in [-0.05, 0) is 37.7 Å². The van der Waals surface area contributed by atoms with Gasteiger partial charge in [-0.3, -0.25) is 0 Å². The summed E-state index contributed by atoms with van der Waals surface area (Å²) in [5.41, 5.74) is 1.31. The van der Waals surface area contributed by atoms with Gasteiger partial charge in [0.15, 0.2) is 0 Å². The molecule has 2 nitrogen and oxygen atoms in total. The van der Waals surface area contributed by atoms with Gasteiger partial charge in [-0.15, -0.1) is 0 Å². The lowest BCUT2D eigenvalue weighted by Gasteiger charge is -2.28. The normalized spacial score (nSPS) is 24.4. The van der Waals surface area contributed by atoms with E-state index in [0.29, 0.717) is 5.92 Å². The van der Waals surface area contributed by atoms with Crippen molar-refractivity contribution in [1.29, 1.82) is 0 Å². The van der Waals surface area contributed by atoms with E-state index >= 15 is 0 Å². The first-order valence-electron chi connectivity index (χ1n) is 7.52. The van der Waals surface area contributed by atoms with Gasteiger partial charge in [0.05, 0.1) is 0 Å². The van der Waals surface area contributed by atoms with Crippen molar-refractivity contribution in [1.82, 2.24) is 9.97 Å². The van der Waals surface area contributed by atoms with Crippen molar-refractivity contribution in [3.8, 4) is 0 Å². The Labute approximate surface area is 122 Å². The first-order chi connectivity index (χ1) is 8.90. The van der Waals surface area contributed by atoms with Gasteiger partial charge in [0, 0.05) is 17.0 Å². The standard InChI is InChI=1S/C16H26N2S/c1-5-11-6-8-12(9-7-11)15-17-13(16(2,3)4)10-14(19)18-15/h10-12H,5-9H2,1-4H3,(H,17,18,19). The van der Waals surface area contributed by atoms with E-state index in [-0.39, 0.29) is 5.41 Å². The lowest BCUT2D eigenvalue weighted by Crippen LogP contribution is -2.19. The topological polar surface area (TPSA) is 28.7 Å². The van der Waals surface area contributed by atoms with E-state index in [1.54, 1.807) is 0 Å². The quantitative estimate of drug-likeness (QED) is 0.761. The molecule has 19 heavy (non-hydrogen) atoms. The molecule has 2 rings (SSSR count). The second kappa shape index (κ2) is 5.74. The summed E-state index contributed by atoms with van der Waals surface area (Å²) in [5, 5.41) is 0. The molecule has 106 valence electrons. The van der Waals surface area contributed by atoms with E-state index in [1.165, 1.54) is 37.8 Å². The molecule has 1 aliphatic rings. The number of aromatic nitrogens is 2. The zero-order valence-corrected chi connectivity index (χ0v) is 13.4. The second-order valence-corrected chi connectivity index (χ2v) is 7.31. The molecule has 0 unspecified atom stereocenters. The monoisotopic (exact) mass is 278 g/mol. The lowest BCUT2D eigenvalue weighted by atomic mass is 9.80. The van der Waals surface area contributed by atoms with Crippen LogP contribution in [0.15, 0.2) is 6.07 Å². The molecule has 0 atom stereocenters. The van der Waals surface area contributed by atoms with Gasteiger partial charge in [0.2, 0.25) is 0 Å². The smallest absolute Gasteiger partial charge is 0.130 e. The first-order valence-corrected chi connectivity index (χ1v) is 7.92. The van der Waals surface area contributed by atoms with Crippen molar-refractivity contribution in [3.05, 3.63) is 22.2 Å². The SMILES string of the molecule is CCC1CCC(c2nc(=S)cc(C(C)(C)C)[nH]2)CC1. The average Bonchev–Trinajstić information content (AvgIpc) is 2.37. The van der Waals surface area contributed by atoms with Crippen LogP contribution >= 0.6 is 12.2 Å². The molecule has 0 spiro atoms. The first kappa shape index (κ1) is 14.7. The molecule has 1 saturated carbocycles. The fourth-order valence-electron chi connectivity index (χ4n) is 2.92. The van der Waals surface area contributed by atoms with Crippen molar-refractivity contribution < 1.29 is 0 Å². The average molecular weight is 278 g/mol. The van der Waals surface area contributed by atoms with Crippen LogP contribution in [0.5, 0.6) is 0 Å². The van der Waals surface area contributed by atoms with Gasteiger partial charge in [-0.25, -0.2) is 4.98 Å². The molecule has 0 aliphatic heterocycles. The van der Waals surface area contributed by atoms with E-state index in [1.807, 2.05) is 6.07 Å². The summed E-state index contributed by atoms with van der Waals surface area (Å²) in [6.07, 6.45) is 6.50. The minimum Gasteiger partial charge on any atom is -0.346 e. The van der Waals surface area contributed by atoms with Crippen molar-refractivity contribution >= 4 is 12.2 Å². The third kappa shape index (κ3) is 3.65. The van der Waals surface area contributed by atoms with Crippen LogP contribution in [0.3, 0.4) is 0 Å². The maximum atomic E-state index is 5.34. The highest BCUT2D eigenvalue weighted by molar-refractivity contribution is 7.71. The van der Waals surface area contributed by atoms with Gasteiger partial charge in [0.25, 0.3) is 0 Å². The molecule has 3 heteroatoms. The summed E-state index contributed by atoms with van der Waals surface area (Å²) in [7, 11) is 0. The van der Waals surface area contributed by atoms with Crippen LogP contribution in [0, 0.1) is 10.6 Å².